The van der Waals surface area contributed by atoms with Crippen molar-refractivity contribution in [1.82, 2.24) is 0 Å². The van der Waals surface area contributed by atoms with Gasteiger partial charge in [-0.2, -0.15) is 0 Å². The maximum Gasteiger partial charge on any atom is 0.102 e. The van der Waals surface area contributed by atoms with Crippen molar-refractivity contribution >= 4 is 11.4 Å². The Kier molecular flexibility index (Phi) is 3.55. The minimum atomic E-state index is -1.11. The van der Waals surface area contributed by atoms with Gasteiger partial charge in [-0.15, -0.1) is 0 Å². The van der Waals surface area contributed by atoms with E-state index in [0.29, 0.717) is 5.69 Å². The number of aryl methyl sites for hydroxylation is 1. The van der Waals surface area contributed by atoms with Crippen LogP contribution in [0.4, 0.5) is 11.4 Å². The Hall–Kier alpha value is -1.26. The number of nitrogens with two attached hydrogens (primary N) is 1. The maximum atomic E-state index is 9.56. The number of anilines is 2. The summed E-state index contributed by atoms with van der Waals surface area (Å²) >= 11 is 0. The summed E-state index contributed by atoms with van der Waals surface area (Å²) in [5, 5.41) is 21.4. The van der Waals surface area contributed by atoms with E-state index < -0.39 is 5.60 Å². The van der Waals surface area contributed by atoms with Crippen LogP contribution < -0.4 is 11.1 Å². The molecule has 4 heteroatoms. The summed E-state index contributed by atoms with van der Waals surface area (Å²) in [5.41, 5.74) is 7.20. The lowest BCUT2D eigenvalue weighted by molar-refractivity contribution is 0.0132. The first-order valence-electron chi connectivity index (χ1n) is 4.88. The summed E-state index contributed by atoms with van der Waals surface area (Å²) < 4.78 is 0. The standard InChI is InChI=1S/C11H18N2O2/c1-8-3-4-9(5-10(8)12)13-6-11(2,15)7-14/h3-5,13-15H,6-7,12H2,1-2H3. The first kappa shape index (κ1) is 11.8. The van der Waals surface area contributed by atoms with Crippen LogP contribution in [0.25, 0.3) is 0 Å². The molecule has 0 aromatic heterocycles. The van der Waals surface area contributed by atoms with Gasteiger partial charge in [0, 0.05) is 17.9 Å². The molecule has 0 saturated carbocycles. The Morgan fingerprint density at radius 2 is 2.13 bits per heavy atom. The van der Waals surface area contributed by atoms with Crippen LogP contribution in [0.1, 0.15) is 12.5 Å². The van der Waals surface area contributed by atoms with Gasteiger partial charge in [0.15, 0.2) is 0 Å². The van der Waals surface area contributed by atoms with Gasteiger partial charge in [-0.25, -0.2) is 0 Å². The van der Waals surface area contributed by atoms with E-state index in [4.69, 9.17) is 10.8 Å². The lowest BCUT2D eigenvalue weighted by Crippen LogP contribution is -2.37. The molecule has 0 aliphatic heterocycles. The minimum absolute atomic E-state index is 0.276. The fourth-order valence-electron chi connectivity index (χ4n) is 1.10. The molecule has 0 amide bonds. The fraction of sp³-hybridized carbons (Fsp3) is 0.455. The fourth-order valence-corrected chi connectivity index (χ4v) is 1.10. The molecular weight excluding hydrogens is 192 g/mol. The molecule has 84 valence electrons. The Balaban J connectivity index is 2.62. The number of hydrogen-bond acceptors (Lipinski definition) is 4. The lowest BCUT2D eigenvalue weighted by Gasteiger charge is -2.21. The highest BCUT2D eigenvalue weighted by molar-refractivity contribution is 5.58. The highest BCUT2D eigenvalue weighted by Gasteiger charge is 2.18. The van der Waals surface area contributed by atoms with Gasteiger partial charge in [-0.05, 0) is 31.5 Å². The van der Waals surface area contributed by atoms with Crippen molar-refractivity contribution in [3.05, 3.63) is 23.8 Å². The second-order valence-corrected chi connectivity index (χ2v) is 4.08. The van der Waals surface area contributed by atoms with Crippen LogP contribution in [0.2, 0.25) is 0 Å². The molecule has 0 radical (unpaired) electrons. The summed E-state index contributed by atoms with van der Waals surface area (Å²) in [5.74, 6) is 0. The highest BCUT2D eigenvalue weighted by Crippen LogP contribution is 2.17. The van der Waals surface area contributed by atoms with E-state index in [9.17, 15) is 5.11 Å². The molecule has 5 N–H and O–H groups in total. The smallest absolute Gasteiger partial charge is 0.102 e. The molecule has 0 bridgehead atoms. The molecule has 1 atom stereocenters. The monoisotopic (exact) mass is 210 g/mol. The molecule has 1 rings (SSSR count). The van der Waals surface area contributed by atoms with Crippen molar-refractivity contribution in [2.24, 2.45) is 0 Å². The largest absolute Gasteiger partial charge is 0.398 e. The number of aliphatic hydroxyl groups is 2. The zero-order valence-electron chi connectivity index (χ0n) is 9.12. The Bertz CT molecular complexity index is 337. The highest BCUT2D eigenvalue weighted by atomic mass is 16.3. The molecule has 0 saturated heterocycles. The van der Waals surface area contributed by atoms with Gasteiger partial charge >= 0.3 is 0 Å². The number of nitrogen functional groups attached to an aromatic ring is 1. The summed E-state index contributed by atoms with van der Waals surface area (Å²) in [4.78, 5) is 0. The summed E-state index contributed by atoms with van der Waals surface area (Å²) in [7, 11) is 0. The Labute approximate surface area is 89.7 Å². The van der Waals surface area contributed by atoms with E-state index in [1.165, 1.54) is 0 Å². The van der Waals surface area contributed by atoms with Crippen molar-refractivity contribution < 1.29 is 10.2 Å². The molecule has 1 aromatic carbocycles. The van der Waals surface area contributed by atoms with Crippen molar-refractivity contribution in [3.8, 4) is 0 Å². The number of nitrogens with one attached hydrogen (secondary N) is 1. The number of aliphatic hydroxyl groups excluding tert-OH is 1. The average molecular weight is 210 g/mol. The van der Waals surface area contributed by atoms with Crippen LogP contribution in [0.5, 0.6) is 0 Å². The second kappa shape index (κ2) is 4.51. The number of rotatable bonds is 4. The minimum Gasteiger partial charge on any atom is -0.398 e. The van der Waals surface area contributed by atoms with Crippen LogP contribution in [0.3, 0.4) is 0 Å². The van der Waals surface area contributed by atoms with Crippen LogP contribution in [0, 0.1) is 6.92 Å². The second-order valence-electron chi connectivity index (χ2n) is 4.08. The third-order valence-electron chi connectivity index (χ3n) is 2.29. The molecule has 1 unspecified atom stereocenters. The molecule has 0 aliphatic rings. The van der Waals surface area contributed by atoms with Crippen molar-refractivity contribution in [2.45, 2.75) is 19.4 Å². The molecule has 1 aromatic rings. The molecular formula is C11H18N2O2. The van der Waals surface area contributed by atoms with Crippen molar-refractivity contribution in [1.29, 1.82) is 0 Å². The Morgan fingerprint density at radius 1 is 1.47 bits per heavy atom. The molecule has 15 heavy (non-hydrogen) atoms. The molecule has 0 aliphatic carbocycles. The lowest BCUT2D eigenvalue weighted by atomic mass is 10.1. The quantitative estimate of drug-likeness (QED) is 0.552. The van der Waals surface area contributed by atoms with Gasteiger partial charge in [-0.1, -0.05) is 6.07 Å². The van der Waals surface area contributed by atoms with Crippen LogP contribution in [-0.4, -0.2) is 29.0 Å². The van der Waals surface area contributed by atoms with Crippen LogP contribution >= 0.6 is 0 Å². The van der Waals surface area contributed by atoms with Gasteiger partial charge < -0.3 is 21.3 Å². The predicted octanol–water partition coefficient (Wildman–Crippen LogP) is 0.732. The van der Waals surface area contributed by atoms with E-state index in [2.05, 4.69) is 5.32 Å². The topological polar surface area (TPSA) is 78.5 Å². The van der Waals surface area contributed by atoms with Gasteiger partial charge in [0.05, 0.1) is 6.61 Å². The van der Waals surface area contributed by atoms with E-state index in [0.717, 1.165) is 11.3 Å². The zero-order chi connectivity index (χ0) is 11.5. The van der Waals surface area contributed by atoms with Gasteiger partial charge in [-0.3, -0.25) is 0 Å². The van der Waals surface area contributed by atoms with E-state index in [-0.39, 0.29) is 13.2 Å². The Morgan fingerprint density at radius 3 is 2.67 bits per heavy atom. The normalized spacial score (nSPS) is 14.7. The molecule has 0 heterocycles. The summed E-state index contributed by atoms with van der Waals surface area (Å²) in [6.07, 6.45) is 0. The third-order valence-corrected chi connectivity index (χ3v) is 2.29. The molecule has 0 spiro atoms. The SMILES string of the molecule is Cc1ccc(NCC(C)(O)CO)cc1N. The van der Waals surface area contributed by atoms with Crippen LogP contribution in [0.15, 0.2) is 18.2 Å². The van der Waals surface area contributed by atoms with Crippen molar-refractivity contribution in [2.75, 3.05) is 24.2 Å². The third kappa shape index (κ3) is 3.42. The predicted molar refractivity (Wildman–Crippen MR) is 61.8 cm³/mol. The zero-order valence-corrected chi connectivity index (χ0v) is 9.12. The summed E-state index contributed by atoms with van der Waals surface area (Å²) in [6.45, 7) is 3.51. The van der Waals surface area contributed by atoms with E-state index in [1.54, 1.807) is 6.92 Å². The molecule has 4 nitrogen and oxygen atoms in total. The van der Waals surface area contributed by atoms with Gasteiger partial charge in [0.25, 0.3) is 0 Å². The first-order valence-corrected chi connectivity index (χ1v) is 4.88. The van der Waals surface area contributed by atoms with Crippen molar-refractivity contribution in [3.63, 3.8) is 0 Å². The van der Waals surface area contributed by atoms with Crippen LogP contribution in [-0.2, 0) is 0 Å². The first-order chi connectivity index (χ1) is 6.94. The maximum absolute atomic E-state index is 9.56. The number of benzene rings is 1. The average Bonchev–Trinajstić information content (AvgIpc) is 2.20. The molecule has 0 fully saturated rings. The van der Waals surface area contributed by atoms with E-state index >= 15 is 0 Å². The summed E-state index contributed by atoms with van der Waals surface area (Å²) in [6, 6.07) is 5.60. The van der Waals surface area contributed by atoms with E-state index in [1.807, 2.05) is 25.1 Å². The number of hydrogen-bond donors (Lipinski definition) is 4. The van der Waals surface area contributed by atoms with Gasteiger partial charge in [0.2, 0.25) is 0 Å². The van der Waals surface area contributed by atoms with Gasteiger partial charge in [0.1, 0.15) is 5.60 Å².